The average Bonchev–Trinajstić information content (AvgIpc) is 2.86. The molecule has 2 aromatic carbocycles. The van der Waals surface area contributed by atoms with Crippen molar-refractivity contribution >= 4 is 11.8 Å². The molecule has 1 fully saturated rings. The summed E-state index contributed by atoms with van der Waals surface area (Å²) in [6, 6.07) is 14.6. The van der Waals surface area contributed by atoms with E-state index in [0.717, 1.165) is 44.8 Å². The van der Waals surface area contributed by atoms with E-state index in [1.54, 1.807) is 18.2 Å². The molecule has 0 saturated carbocycles. The van der Waals surface area contributed by atoms with Crippen molar-refractivity contribution in [3.8, 4) is 5.75 Å². The van der Waals surface area contributed by atoms with Crippen LogP contribution in [0, 0.1) is 5.92 Å². The Kier molecular flexibility index (Phi) is 9.48. The summed E-state index contributed by atoms with van der Waals surface area (Å²) in [6.45, 7) is 12.8. The normalized spacial score (nSPS) is 15.7. The number of likely N-dealkylation sites (N-methyl/N-ethyl adjacent to an activating group) is 1. The Morgan fingerprint density at radius 2 is 1.56 bits per heavy atom. The molecule has 0 aliphatic carbocycles. The van der Waals surface area contributed by atoms with Crippen LogP contribution < -0.4 is 15.4 Å². The van der Waals surface area contributed by atoms with E-state index in [1.807, 2.05) is 32.0 Å². The highest BCUT2D eigenvalue weighted by molar-refractivity contribution is 5.99. The fourth-order valence-electron chi connectivity index (χ4n) is 4.27. The molecule has 1 aliphatic heterocycles. The Labute approximate surface area is 203 Å². The smallest absolute Gasteiger partial charge is 0.255 e. The van der Waals surface area contributed by atoms with Crippen LogP contribution in [0.1, 0.15) is 42.3 Å². The van der Waals surface area contributed by atoms with E-state index >= 15 is 0 Å². The van der Waals surface area contributed by atoms with Crippen molar-refractivity contribution < 1.29 is 14.3 Å². The molecule has 0 spiro atoms. The maximum Gasteiger partial charge on any atom is 0.255 e. The lowest BCUT2D eigenvalue weighted by Gasteiger charge is -2.34. The number of rotatable bonds is 10. The third-order valence-corrected chi connectivity index (χ3v) is 6.46. The lowest BCUT2D eigenvalue weighted by Crippen LogP contribution is -2.49. The number of hydrogen-bond acceptors (Lipinski definition) is 5. The van der Waals surface area contributed by atoms with Crippen molar-refractivity contribution in [3.05, 3.63) is 65.2 Å². The zero-order valence-corrected chi connectivity index (χ0v) is 20.8. The van der Waals surface area contributed by atoms with Crippen molar-refractivity contribution in [1.82, 2.24) is 20.4 Å². The first-order valence-corrected chi connectivity index (χ1v) is 12.2. The van der Waals surface area contributed by atoms with Gasteiger partial charge in [-0.3, -0.25) is 14.5 Å². The molecule has 184 valence electrons. The van der Waals surface area contributed by atoms with Crippen LogP contribution in [0.5, 0.6) is 5.75 Å². The van der Waals surface area contributed by atoms with Gasteiger partial charge in [-0.25, -0.2) is 0 Å². The standard InChI is InChI=1S/C27H38N4O3/c1-5-30-14-16-31(17-15-30)19-22-11-7-6-10-21(22)18-28-27(33)25(20(2)3)29-26(32)23-12-8-9-13-24(23)34-4/h6-13,20,25H,5,14-19H2,1-4H3,(H,28,33)(H,29,32). The lowest BCUT2D eigenvalue weighted by molar-refractivity contribution is -0.124. The van der Waals surface area contributed by atoms with Crippen molar-refractivity contribution in [1.29, 1.82) is 0 Å². The Morgan fingerprint density at radius 3 is 2.21 bits per heavy atom. The minimum absolute atomic E-state index is 0.0660. The second kappa shape index (κ2) is 12.5. The number of carbonyl (C=O) groups excluding carboxylic acids is 2. The summed E-state index contributed by atoms with van der Waals surface area (Å²) in [5.41, 5.74) is 2.75. The maximum atomic E-state index is 13.1. The van der Waals surface area contributed by atoms with Gasteiger partial charge in [0.2, 0.25) is 5.91 Å². The number of methoxy groups -OCH3 is 1. The molecular formula is C27H38N4O3. The van der Waals surface area contributed by atoms with Gasteiger partial charge in [0.05, 0.1) is 12.7 Å². The van der Waals surface area contributed by atoms with Crippen LogP contribution >= 0.6 is 0 Å². The molecule has 2 N–H and O–H groups in total. The summed E-state index contributed by atoms with van der Waals surface area (Å²) >= 11 is 0. The van der Waals surface area contributed by atoms with Gasteiger partial charge in [0.1, 0.15) is 11.8 Å². The second-order valence-electron chi connectivity index (χ2n) is 9.09. The average molecular weight is 467 g/mol. The zero-order chi connectivity index (χ0) is 24.5. The molecule has 0 bridgehead atoms. The van der Waals surface area contributed by atoms with Gasteiger partial charge < -0.3 is 20.3 Å². The first kappa shape index (κ1) is 25.7. The molecule has 7 heteroatoms. The first-order chi connectivity index (χ1) is 16.4. The van der Waals surface area contributed by atoms with Gasteiger partial charge in [-0.15, -0.1) is 0 Å². The Hall–Kier alpha value is -2.90. The third-order valence-electron chi connectivity index (χ3n) is 6.46. The van der Waals surface area contributed by atoms with E-state index in [4.69, 9.17) is 4.74 Å². The number of carbonyl (C=O) groups is 2. The summed E-state index contributed by atoms with van der Waals surface area (Å²) in [7, 11) is 1.53. The molecule has 7 nitrogen and oxygen atoms in total. The Bertz CT molecular complexity index is 954. The van der Waals surface area contributed by atoms with Crippen molar-refractivity contribution in [2.45, 2.75) is 39.9 Å². The molecular weight excluding hydrogens is 428 g/mol. The third kappa shape index (κ3) is 6.81. The second-order valence-corrected chi connectivity index (χ2v) is 9.09. The highest BCUT2D eigenvalue weighted by atomic mass is 16.5. The molecule has 1 saturated heterocycles. The van der Waals surface area contributed by atoms with E-state index in [0.29, 0.717) is 17.9 Å². The van der Waals surface area contributed by atoms with Gasteiger partial charge in [-0.05, 0) is 35.7 Å². The van der Waals surface area contributed by atoms with E-state index in [9.17, 15) is 9.59 Å². The van der Waals surface area contributed by atoms with Crippen molar-refractivity contribution in [2.75, 3.05) is 39.8 Å². The molecule has 0 aromatic heterocycles. The lowest BCUT2D eigenvalue weighted by atomic mass is 10.0. The quantitative estimate of drug-likeness (QED) is 0.563. The number of ether oxygens (including phenoxy) is 1. The monoisotopic (exact) mass is 466 g/mol. The molecule has 2 amide bonds. The Balaban J connectivity index is 1.61. The van der Waals surface area contributed by atoms with Gasteiger partial charge in [0.25, 0.3) is 5.91 Å². The number of nitrogens with one attached hydrogen (secondary N) is 2. The van der Waals surface area contributed by atoms with Gasteiger partial charge in [-0.2, -0.15) is 0 Å². The van der Waals surface area contributed by atoms with Crippen LogP contribution in [0.3, 0.4) is 0 Å². The predicted molar refractivity (Wildman–Crippen MR) is 135 cm³/mol. The van der Waals surface area contributed by atoms with Gasteiger partial charge >= 0.3 is 0 Å². The minimum atomic E-state index is -0.647. The molecule has 1 atom stereocenters. The Morgan fingerprint density at radius 1 is 0.941 bits per heavy atom. The van der Waals surface area contributed by atoms with Crippen LogP contribution in [0.15, 0.2) is 48.5 Å². The molecule has 2 aromatic rings. The zero-order valence-electron chi connectivity index (χ0n) is 20.8. The maximum absolute atomic E-state index is 13.1. The molecule has 1 unspecified atom stereocenters. The summed E-state index contributed by atoms with van der Waals surface area (Å²) in [5, 5.41) is 5.94. The van der Waals surface area contributed by atoms with Crippen LogP contribution in [0.25, 0.3) is 0 Å². The topological polar surface area (TPSA) is 73.9 Å². The SMILES string of the molecule is CCN1CCN(Cc2ccccc2CNC(=O)C(NC(=O)c2ccccc2OC)C(C)C)CC1. The predicted octanol–water partition coefficient (Wildman–Crippen LogP) is 2.90. The van der Waals surface area contributed by atoms with Crippen molar-refractivity contribution in [3.63, 3.8) is 0 Å². The van der Waals surface area contributed by atoms with Gasteiger partial charge in [-0.1, -0.05) is 57.2 Å². The summed E-state index contributed by atoms with van der Waals surface area (Å²) in [6.07, 6.45) is 0. The first-order valence-electron chi connectivity index (χ1n) is 12.2. The van der Waals surface area contributed by atoms with E-state index in [-0.39, 0.29) is 17.7 Å². The van der Waals surface area contributed by atoms with Crippen molar-refractivity contribution in [2.24, 2.45) is 5.92 Å². The largest absolute Gasteiger partial charge is 0.496 e. The molecule has 34 heavy (non-hydrogen) atoms. The fourth-order valence-corrected chi connectivity index (χ4v) is 4.27. The molecule has 1 heterocycles. The summed E-state index contributed by atoms with van der Waals surface area (Å²) in [5.74, 6) is -0.0945. The number of benzene rings is 2. The van der Waals surface area contributed by atoms with E-state index < -0.39 is 6.04 Å². The molecule has 0 radical (unpaired) electrons. The fraction of sp³-hybridized carbons (Fsp3) is 0.481. The highest BCUT2D eigenvalue weighted by Crippen LogP contribution is 2.18. The molecule has 1 aliphatic rings. The summed E-state index contributed by atoms with van der Waals surface area (Å²) < 4.78 is 5.29. The number of para-hydroxylation sites is 1. The van der Waals surface area contributed by atoms with Crippen LogP contribution in [-0.4, -0.2) is 67.5 Å². The molecule has 3 rings (SSSR count). The summed E-state index contributed by atoms with van der Waals surface area (Å²) in [4.78, 5) is 30.9. The van der Waals surface area contributed by atoms with E-state index in [2.05, 4.69) is 39.5 Å². The van der Waals surface area contributed by atoms with Crippen LogP contribution in [0.2, 0.25) is 0 Å². The number of hydrogen-bond donors (Lipinski definition) is 2. The van der Waals surface area contributed by atoms with E-state index in [1.165, 1.54) is 12.7 Å². The minimum Gasteiger partial charge on any atom is -0.496 e. The number of amides is 2. The van der Waals surface area contributed by atoms with Gasteiger partial charge in [0, 0.05) is 39.3 Å². The van der Waals surface area contributed by atoms with Gasteiger partial charge in [0.15, 0.2) is 0 Å². The number of nitrogens with zero attached hydrogens (tertiary/aromatic N) is 2. The van der Waals surface area contributed by atoms with Crippen LogP contribution in [0.4, 0.5) is 0 Å². The number of piperazine rings is 1. The van der Waals surface area contributed by atoms with Crippen LogP contribution in [-0.2, 0) is 17.9 Å². The highest BCUT2D eigenvalue weighted by Gasteiger charge is 2.26.